The van der Waals surface area contributed by atoms with Gasteiger partial charge in [-0.1, -0.05) is 83.1 Å². The summed E-state index contributed by atoms with van der Waals surface area (Å²) in [5, 5.41) is 40.2. The van der Waals surface area contributed by atoms with Gasteiger partial charge in [0.25, 0.3) is 0 Å². The average molecular weight is 1020 g/mol. The van der Waals surface area contributed by atoms with E-state index in [1.807, 2.05) is 27.7 Å². The Bertz CT molecular complexity index is 1890. The fourth-order valence-corrected chi connectivity index (χ4v) is 7.96. The Morgan fingerprint density at radius 2 is 0.972 bits per heavy atom. The second kappa shape index (κ2) is 30.9. The molecule has 1 heterocycles. The van der Waals surface area contributed by atoms with Crippen molar-refractivity contribution in [3.05, 3.63) is 0 Å². The van der Waals surface area contributed by atoms with Gasteiger partial charge in [-0.15, -0.1) is 0 Å². The Kier molecular flexibility index (Phi) is 27.5. The number of carboxylic acid groups (broad SMARTS) is 1. The van der Waals surface area contributed by atoms with Crippen molar-refractivity contribution >= 4 is 65.0 Å². The molecule has 1 saturated heterocycles. The predicted octanol–water partition coefficient (Wildman–Crippen LogP) is -1.74. The number of nitrogens with zero attached hydrogens (tertiary/aromatic N) is 1. The summed E-state index contributed by atoms with van der Waals surface area (Å²) in [5.41, 5.74) is 10.9. The molecule has 72 heavy (non-hydrogen) atoms. The lowest BCUT2D eigenvalue weighted by atomic mass is 9.98. The van der Waals surface area contributed by atoms with E-state index in [2.05, 4.69) is 42.5 Å². The van der Waals surface area contributed by atoms with Gasteiger partial charge in [0.15, 0.2) is 0 Å². The van der Waals surface area contributed by atoms with Gasteiger partial charge in [-0.2, -0.15) is 0 Å². The zero-order valence-corrected chi connectivity index (χ0v) is 44.2. The number of aliphatic hydroxyl groups is 1. The van der Waals surface area contributed by atoms with E-state index in [4.69, 9.17) is 11.5 Å². The van der Waals surface area contributed by atoms with Crippen LogP contribution in [0.5, 0.6) is 0 Å². The molecule has 0 aliphatic carbocycles. The monoisotopic (exact) mass is 1020 g/mol. The minimum absolute atomic E-state index is 0.0440. The van der Waals surface area contributed by atoms with Crippen LogP contribution in [0.2, 0.25) is 0 Å². The van der Waals surface area contributed by atoms with Gasteiger partial charge in [-0.3, -0.25) is 47.9 Å². The summed E-state index contributed by atoms with van der Waals surface area (Å²) in [6.07, 6.45) is 0.725. The van der Waals surface area contributed by atoms with E-state index < -0.39 is 151 Å². The minimum Gasteiger partial charge on any atom is -0.480 e. The van der Waals surface area contributed by atoms with E-state index in [0.29, 0.717) is 6.42 Å². The van der Waals surface area contributed by atoms with Crippen molar-refractivity contribution < 1.29 is 63.0 Å². The molecule has 0 bridgehead atoms. The summed E-state index contributed by atoms with van der Waals surface area (Å²) in [6.45, 7) is 19.7. The van der Waals surface area contributed by atoms with Crippen molar-refractivity contribution in [1.82, 2.24) is 47.4 Å². The molecule has 410 valence electrons. The molecule has 0 aromatic carbocycles. The number of nitrogens with one attached hydrogen (secondary N) is 8. The van der Waals surface area contributed by atoms with Crippen LogP contribution in [0.15, 0.2) is 0 Å². The number of aliphatic carboxylic acids is 1. The Morgan fingerprint density at radius 1 is 0.542 bits per heavy atom. The van der Waals surface area contributed by atoms with Crippen LogP contribution in [0.25, 0.3) is 0 Å². The number of hydrogen-bond acceptors (Lipinski definition) is 13. The number of rotatable bonds is 31. The van der Waals surface area contributed by atoms with Crippen LogP contribution in [0.3, 0.4) is 0 Å². The first-order valence-corrected chi connectivity index (χ1v) is 25.0. The van der Waals surface area contributed by atoms with Crippen LogP contribution in [-0.2, 0) is 52.7 Å². The number of hydrogen-bond donors (Lipinski definition) is 12. The standard InChI is InChI=1S/C48H85N11O13/c1-23(2)16-30(42(65)53-31(17-24(3)4)43(66)55-33(48(71)72)19-26(7)8)52-37(62)21-51-41(64)34(22-60)56-44(67)32(18-25(5)6)54-45(68)35-14-13-15-59(35)47(70)39(28(11)12)58-46(69)38(27(9)10)57-40(63)29(49)20-36(50)61/h23-35,38-39,60H,13-22,49H2,1-12H3,(H2,50,61)(H,51,64)(H,52,62)(H,53,65)(H,54,68)(H,55,66)(H,56,67)(H,57,63)(H,58,69)(H,71,72)/t29-,30-,31-,32-,33-,34-,35-,38-,39-/m0/s1. The van der Waals surface area contributed by atoms with Gasteiger partial charge in [0.2, 0.25) is 59.1 Å². The van der Waals surface area contributed by atoms with Gasteiger partial charge >= 0.3 is 5.97 Å². The molecule has 1 rings (SSSR count). The summed E-state index contributed by atoms with van der Waals surface area (Å²) in [4.78, 5) is 146. The summed E-state index contributed by atoms with van der Waals surface area (Å²) >= 11 is 0. The number of amides is 10. The lowest BCUT2D eigenvalue weighted by Gasteiger charge is -2.33. The summed E-state index contributed by atoms with van der Waals surface area (Å²) in [5.74, 6) is -10.2. The molecule has 1 aliphatic rings. The van der Waals surface area contributed by atoms with E-state index in [1.54, 1.807) is 55.4 Å². The van der Waals surface area contributed by atoms with Gasteiger partial charge < -0.3 is 69.1 Å². The fraction of sp³-hybridized carbons (Fsp3) is 0.771. The summed E-state index contributed by atoms with van der Waals surface area (Å²) in [6, 6.07) is -11.0. The highest BCUT2D eigenvalue weighted by Gasteiger charge is 2.41. The number of aliphatic hydroxyl groups excluding tert-OH is 1. The first kappa shape index (κ1) is 64.1. The Morgan fingerprint density at radius 3 is 1.42 bits per heavy atom. The van der Waals surface area contributed by atoms with E-state index >= 15 is 0 Å². The maximum atomic E-state index is 14.1. The van der Waals surface area contributed by atoms with Crippen molar-refractivity contribution in [1.29, 1.82) is 0 Å². The van der Waals surface area contributed by atoms with Gasteiger partial charge in [-0.25, -0.2) is 4.79 Å². The largest absolute Gasteiger partial charge is 0.480 e. The highest BCUT2D eigenvalue weighted by Crippen LogP contribution is 2.22. The predicted molar refractivity (Wildman–Crippen MR) is 265 cm³/mol. The number of carboxylic acids is 1. The first-order valence-electron chi connectivity index (χ1n) is 25.0. The lowest BCUT2D eigenvalue weighted by Crippen LogP contribution is -2.61. The molecule has 0 unspecified atom stereocenters. The van der Waals surface area contributed by atoms with Crippen LogP contribution in [-0.4, -0.2) is 154 Å². The average Bonchev–Trinajstić information content (AvgIpc) is 3.76. The molecule has 0 radical (unpaired) electrons. The van der Waals surface area contributed by atoms with E-state index in [-0.39, 0.29) is 62.3 Å². The van der Waals surface area contributed by atoms with Crippen molar-refractivity contribution in [2.75, 3.05) is 19.7 Å². The van der Waals surface area contributed by atoms with Crippen molar-refractivity contribution in [3.63, 3.8) is 0 Å². The molecular weight excluding hydrogens is 939 g/mol. The third-order valence-corrected chi connectivity index (χ3v) is 11.7. The number of carbonyl (C=O) groups is 11. The lowest BCUT2D eigenvalue weighted by molar-refractivity contribution is -0.143. The number of primary amides is 1. The molecule has 0 saturated carbocycles. The topological polar surface area (TPSA) is 380 Å². The molecule has 14 N–H and O–H groups in total. The van der Waals surface area contributed by atoms with Crippen LogP contribution < -0.4 is 54.0 Å². The minimum atomic E-state index is -1.59. The zero-order valence-electron chi connectivity index (χ0n) is 44.2. The van der Waals surface area contributed by atoms with Crippen molar-refractivity contribution in [3.8, 4) is 0 Å². The van der Waals surface area contributed by atoms with Crippen LogP contribution in [0, 0.1) is 35.5 Å². The smallest absolute Gasteiger partial charge is 0.326 e. The Balaban J connectivity index is 3.13. The molecule has 9 atom stereocenters. The van der Waals surface area contributed by atoms with Crippen LogP contribution in [0.4, 0.5) is 0 Å². The highest BCUT2D eigenvalue weighted by molar-refractivity contribution is 5.98. The van der Waals surface area contributed by atoms with Gasteiger partial charge in [0.05, 0.1) is 25.6 Å². The maximum absolute atomic E-state index is 14.1. The molecule has 0 aromatic rings. The molecule has 24 nitrogen and oxygen atoms in total. The SMILES string of the molecule is CC(C)C[C@H](NC(=O)[C@H](CC(C)C)NC(=O)[C@H](CC(C)C)NC(=O)CNC(=O)[C@H](CO)NC(=O)[C@H](CC(C)C)NC(=O)[C@@H]1CCCN1C(=O)[C@@H](NC(=O)[C@@H](NC(=O)[C@@H](N)CC(N)=O)C(C)C)C(C)C)C(=O)O. The third kappa shape index (κ3) is 22.2. The highest BCUT2D eigenvalue weighted by atomic mass is 16.4. The van der Waals surface area contributed by atoms with Crippen LogP contribution >= 0.6 is 0 Å². The maximum Gasteiger partial charge on any atom is 0.326 e. The number of carbonyl (C=O) groups excluding carboxylic acids is 10. The Hall–Kier alpha value is -5.91. The third-order valence-electron chi connectivity index (χ3n) is 11.7. The quantitative estimate of drug-likeness (QED) is 0.0367. The summed E-state index contributed by atoms with van der Waals surface area (Å²) in [7, 11) is 0. The van der Waals surface area contributed by atoms with Crippen molar-refractivity contribution in [2.24, 2.45) is 47.0 Å². The second-order valence-electron chi connectivity index (χ2n) is 21.0. The van der Waals surface area contributed by atoms with E-state index in [0.717, 1.165) is 0 Å². The van der Waals surface area contributed by atoms with Crippen molar-refractivity contribution in [2.45, 2.75) is 182 Å². The van der Waals surface area contributed by atoms with Gasteiger partial charge in [-0.05, 0) is 74.0 Å². The molecular formula is C48H85N11O13. The summed E-state index contributed by atoms with van der Waals surface area (Å²) < 4.78 is 0. The van der Waals surface area contributed by atoms with E-state index in [9.17, 15) is 63.0 Å². The number of nitrogens with two attached hydrogens (primary N) is 2. The molecule has 1 aliphatic heterocycles. The molecule has 10 amide bonds. The van der Waals surface area contributed by atoms with E-state index in [1.165, 1.54) is 4.90 Å². The van der Waals surface area contributed by atoms with Crippen LogP contribution in [0.1, 0.15) is 128 Å². The van der Waals surface area contributed by atoms with Gasteiger partial charge in [0, 0.05) is 6.54 Å². The molecule has 0 spiro atoms. The molecule has 24 heteroatoms. The normalized spacial score (nSPS) is 17.0. The van der Waals surface area contributed by atoms with Gasteiger partial charge in [0.1, 0.15) is 48.3 Å². The molecule has 0 aromatic heterocycles. The fourth-order valence-electron chi connectivity index (χ4n) is 7.96. The zero-order chi connectivity index (χ0) is 55.3. The first-order chi connectivity index (χ1) is 33.4. The Labute approximate surface area is 423 Å². The second-order valence-corrected chi connectivity index (χ2v) is 21.0. The molecule has 1 fully saturated rings. The number of likely N-dealkylation sites (tertiary alicyclic amines) is 1.